The van der Waals surface area contributed by atoms with E-state index in [0.29, 0.717) is 6.61 Å². The molecule has 0 spiro atoms. The molecule has 0 saturated heterocycles. The first-order valence-electron chi connectivity index (χ1n) is 6.82. The first-order valence-corrected chi connectivity index (χ1v) is 6.82. The Balaban J connectivity index is 2.16. The lowest BCUT2D eigenvalue weighted by Crippen LogP contribution is -2.07. The second-order valence-electron chi connectivity index (χ2n) is 4.88. The summed E-state index contributed by atoms with van der Waals surface area (Å²) in [6.45, 7) is 2.56. The van der Waals surface area contributed by atoms with Gasteiger partial charge in [0.2, 0.25) is 0 Å². The van der Waals surface area contributed by atoms with Gasteiger partial charge in [0, 0.05) is 24.4 Å². The Morgan fingerprint density at radius 3 is 2.43 bits per heavy atom. The molecule has 0 bridgehead atoms. The number of methoxy groups -OCH3 is 2. The molecular formula is C17H20FNO2. The van der Waals surface area contributed by atoms with E-state index in [1.807, 2.05) is 12.1 Å². The van der Waals surface area contributed by atoms with Crippen molar-refractivity contribution in [1.29, 1.82) is 0 Å². The molecule has 0 heterocycles. The minimum atomic E-state index is -0.236. The average molecular weight is 289 g/mol. The predicted octanol–water partition coefficient (Wildman–Crippen LogP) is 4.15. The lowest BCUT2D eigenvalue weighted by Gasteiger charge is -2.18. The third-order valence-corrected chi connectivity index (χ3v) is 3.33. The van der Waals surface area contributed by atoms with Crippen molar-refractivity contribution in [2.24, 2.45) is 0 Å². The molecule has 1 N–H and O–H groups in total. The predicted molar refractivity (Wildman–Crippen MR) is 82.1 cm³/mol. The molecule has 3 nitrogen and oxygen atoms in total. The van der Waals surface area contributed by atoms with Gasteiger partial charge in [-0.25, -0.2) is 4.39 Å². The molecule has 0 aromatic heterocycles. The minimum Gasteiger partial charge on any atom is -0.496 e. The van der Waals surface area contributed by atoms with E-state index in [9.17, 15) is 4.39 Å². The Labute approximate surface area is 124 Å². The molecule has 1 atom stereocenters. The molecular weight excluding hydrogens is 269 g/mol. The van der Waals surface area contributed by atoms with Gasteiger partial charge in [0.1, 0.15) is 11.6 Å². The van der Waals surface area contributed by atoms with E-state index in [-0.39, 0.29) is 11.9 Å². The molecule has 4 heteroatoms. The SMILES string of the molecule is COCc1cc(C(C)Nc2ccc(F)cc2)ccc1OC. The molecule has 0 radical (unpaired) electrons. The van der Waals surface area contributed by atoms with E-state index >= 15 is 0 Å². The Bertz CT molecular complexity index is 584. The maximum atomic E-state index is 12.9. The van der Waals surface area contributed by atoms with Crippen LogP contribution in [-0.2, 0) is 11.3 Å². The highest BCUT2D eigenvalue weighted by Gasteiger charge is 2.10. The first-order chi connectivity index (χ1) is 10.1. The van der Waals surface area contributed by atoms with Crippen molar-refractivity contribution in [3.05, 3.63) is 59.4 Å². The molecule has 0 fully saturated rings. The Morgan fingerprint density at radius 1 is 1.10 bits per heavy atom. The van der Waals surface area contributed by atoms with Crippen LogP contribution in [-0.4, -0.2) is 14.2 Å². The topological polar surface area (TPSA) is 30.5 Å². The fraction of sp³-hybridized carbons (Fsp3) is 0.294. The van der Waals surface area contributed by atoms with Crippen LogP contribution in [0.1, 0.15) is 24.1 Å². The summed E-state index contributed by atoms with van der Waals surface area (Å²) < 4.78 is 23.4. The quantitative estimate of drug-likeness (QED) is 0.866. The second kappa shape index (κ2) is 7.09. The molecule has 2 aromatic rings. The van der Waals surface area contributed by atoms with Crippen LogP contribution in [0.4, 0.5) is 10.1 Å². The van der Waals surface area contributed by atoms with Crippen LogP contribution in [0.2, 0.25) is 0 Å². The Kier molecular flexibility index (Phi) is 5.17. The van der Waals surface area contributed by atoms with E-state index in [4.69, 9.17) is 9.47 Å². The van der Waals surface area contributed by atoms with Crippen molar-refractivity contribution in [2.45, 2.75) is 19.6 Å². The van der Waals surface area contributed by atoms with E-state index < -0.39 is 0 Å². The van der Waals surface area contributed by atoms with Crippen LogP contribution in [0.5, 0.6) is 5.75 Å². The summed E-state index contributed by atoms with van der Waals surface area (Å²) in [4.78, 5) is 0. The van der Waals surface area contributed by atoms with E-state index in [1.165, 1.54) is 12.1 Å². The summed E-state index contributed by atoms with van der Waals surface area (Å²) in [6.07, 6.45) is 0. The number of hydrogen-bond acceptors (Lipinski definition) is 3. The van der Waals surface area contributed by atoms with Crippen LogP contribution in [0.3, 0.4) is 0 Å². The Hall–Kier alpha value is -2.07. The van der Waals surface area contributed by atoms with Crippen LogP contribution >= 0.6 is 0 Å². The lowest BCUT2D eigenvalue weighted by atomic mass is 10.0. The van der Waals surface area contributed by atoms with Gasteiger partial charge in [-0.1, -0.05) is 6.07 Å². The third-order valence-electron chi connectivity index (χ3n) is 3.33. The van der Waals surface area contributed by atoms with Gasteiger partial charge in [-0.05, 0) is 48.9 Å². The molecule has 0 saturated carbocycles. The minimum absolute atomic E-state index is 0.0944. The highest BCUT2D eigenvalue weighted by atomic mass is 19.1. The van der Waals surface area contributed by atoms with Crippen LogP contribution in [0, 0.1) is 5.82 Å². The zero-order chi connectivity index (χ0) is 15.2. The molecule has 0 aliphatic carbocycles. The van der Waals surface area contributed by atoms with Gasteiger partial charge in [0.25, 0.3) is 0 Å². The summed E-state index contributed by atoms with van der Waals surface area (Å²) in [5.74, 6) is 0.578. The van der Waals surface area contributed by atoms with Crippen molar-refractivity contribution in [3.63, 3.8) is 0 Å². The maximum absolute atomic E-state index is 12.9. The molecule has 0 aliphatic rings. The number of nitrogens with one attached hydrogen (secondary N) is 1. The summed E-state index contributed by atoms with van der Waals surface area (Å²) in [5.41, 5.74) is 3.01. The molecule has 21 heavy (non-hydrogen) atoms. The van der Waals surface area contributed by atoms with Gasteiger partial charge >= 0.3 is 0 Å². The second-order valence-corrected chi connectivity index (χ2v) is 4.88. The van der Waals surface area contributed by atoms with Crippen LogP contribution in [0.15, 0.2) is 42.5 Å². The van der Waals surface area contributed by atoms with Gasteiger partial charge < -0.3 is 14.8 Å². The summed E-state index contributed by atoms with van der Waals surface area (Å²) in [6, 6.07) is 12.4. The number of rotatable bonds is 6. The van der Waals surface area contributed by atoms with Crippen molar-refractivity contribution < 1.29 is 13.9 Å². The number of ether oxygens (including phenoxy) is 2. The van der Waals surface area contributed by atoms with E-state index in [0.717, 1.165) is 22.6 Å². The fourth-order valence-corrected chi connectivity index (χ4v) is 2.22. The molecule has 2 rings (SSSR count). The molecule has 2 aromatic carbocycles. The van der Waals surface area contributed by atoms with Crippen molar-refractivity contribution in [1.82, 2.24) is 0 Å². The number of benzene rings is 2. The smallest absolute Gasteiger partial charge is 0.124 e. The van der Waals surface area contributed by atoms with Crippen molar-refractivity contribution in [2.75, 3.05) is 19.5 Å². The van der Waals surface area contributed by atoms with E-state index in [2.05, 4.69) is 18.3 Å². The van der Waals surface area contributed by atoms with E-state index in [1.54, 1.807) is 26.4 Å². The maximum Gasteiger partial charge on any atom is 0.124 e. The zero-order valence-electron chi connectivity index (χ0n) is 12.5. The molecule has 1 unspecified atom stereocenters. The highest BCUT2D eigenvalue weighted by Crippen LogP contribution is 2.26. The van der Waals surface area contributed by atoms with Gasteiger partial charge in [0.15, 0.2) is 0 Å². The Morgan fingerprint density at radius 2 is 1.81 bits per heavy atom. The number of halogens is 1. The summed E-state index contributed by atoms with van der Waals surface area (Å²) >= 11 is 0. The fourth-order valence-electron chi connectivity index (χ4n) is 2.22. The number of anilines is 1. The van der Waals surface area contributed by atoms with Gasteiger partial charge in [0.05, 0.1) is 13.7 Å². The standard InChI is InChI=1S/C17H20FNO2/c1-12(19-16-7-5-15(18)6-8-16)13-4-9-17(21-3)14(10-13)11-20-2/h4-10,12,19H,11H2,1-3H3. The first kappa shape index (κ1) is 15.3. The van der Waals surface area contributed by atoms with Crippen molar-refractivity contribution in [3.8, 4) is 5.75 Å². The largest absolute Gasteiger partial charge is 0.496 e. The van der Waals surface area contributed by atoms with Gasteiger partial charge in [-0.2, -0.15) is 0 Å². The summed E-state index contributed by atoms with van der Waals surface area (Å²) in [5, 5.41) is 3.34. The molecule has 0 amide bonds. The number of hydrogen-bond donors (Lipinski definition) is 1. The van der Waals surface area contributed by atoms with Gasteiger partial charge in [-0.3, -0.25) is 0 Å². The monoisotopic (exact) mass is 289 g/mol. The van der Waals surface area contributed by atoms with Gasteiger partial charge in [-0.15, -0.1) is 0 Å². The average Bonchev–Trinajstić information content (AvgIpc) is 2.50. The third kappa shape index (κ3) is 3.95. The highest BCUT2D eigenvalue weighted by molar-refractivity contribution is 5.46. The normalized spacial score (nSPS) is 12.0. The summed E-state index contributed by atoms with van der Waals surface area (Å²) in [7, 11) is 3.31. The lowest BCUT2D eigenvalue weighted by molar-refractivity contribution is 0.181. The zero-order valence-corrected chi connectivity index (χ0v) is 12.5. The molecule has 112 valence electrons. The van der Waals surface area contributed by atoms with Crippen LogP contribution < -0.4 is 10.1 Å². The molecule has 0 aliphatic heterocycles. The van der Waals surface area contributed by atoms with Crippen molar-refractivity contribution >= 4 is 5.69 Å². The van der Waals surface area contributed by atoms with Crippen LogP contribution in [0.25, 0.3) is 0 Å².